The fourth-order valence-corrected chi connectivity index (χ4v) is 1.25. The van der Waals surface area contributed by atoms with Crippen LogP contribution in [0.3, 0.4) is 0 Å². The Balaban J connectivity index is 2.59. The third-order valence-corrected chi connectivity index (χ3v) is 2.01. The molecule has 0 unspecified atom stereocenters. The molecule has 1 N–H and O–H groups in total. The first kappa shape index (κ1) is 14.4. The molecule has 7 heteroatoms. The van der Waals surface area contributed by atoms with Gasteiger partial charge in [0.1, 0.15) is 5.60 Å². The first-order valence-electron chi connectivity index (χ1n) is 5.52. The van der Waals surface area contributed by atoms with E-state index in [0.717, 1.165) is 6.20 Å². The van der Waals surface area contributed by atoms with Gasteiger partial charge in [0.25, 0.3) is 0 Å². The highest BCUT2D eigenvalue weighted by atomic mass is 19.3. The Kier molecular flexibility index (Phi) is 4.26. The van der Waals surface area contributed by atoms with Gasteiger partial charge >= 0.3 is 12.6 Å². The second kappa shape index (κ2) is 5.32. The highest BCUT2D eigenvalue weighted by molar-refractivity contribution is 5.68. The number of aromatic nitrogens is 2. The van der Waals surface area contributed by atoms with E-state index in [1.54, 1.807) is 27.7 Å². The Labute approximate surface area is 104 Å². The topological polar surface area (TPSA) is 56.1 Å². The normalized spacial score (nSPS) is 13.5. The summed E-state index contributed by atoms with van der Waals surface area (Å²) in [6.45, 7) is 4.17. The molecule has 0 bridgehead atoms. The zero-order chi connectivity index (χ0) is 13.9. The summed E-state index contributed by atoms with van der Waals surface area (Å²) >= 11 is 0. The predicted molar refractivity (Wildman–Crippen MR) is 61.3 cm³/mol. The molecule has 1 heterocycles. The van der Waals surface area contributed by atoms with E-state index in [1.807, 2.05) is 0 Å². The minimum absolute atomic E-state index is 0.348. The van der Waals surface area contributed by atoms with Crippen LogP contribution in [-0.2, 0) is 4.74 Å². The van der Waals surface area contributed by atoms with Gasteiger partial charge in [-0.1, -0.05) is 0 Å². The maximum Gasteiger partial charge on any atom is 0.408 e. The lowest BCUT2D eigenvalue weighted by atomic mass is 10.2. The number of amides is 1. The molecule has 18 heavy (non-hydrogen) atoms. The van der Waals surface area contributed by atoms with Crippen molar-refractivity contribution in [1.29, 1.82) is 0 Å². The Morgan fingerprint density at radius 3 is 2.56 bits per heavy atom. The molecular weight excluding hydrogens is 244 g/mol. The van der Waals surface area contributed by atoms with Gasteiger partial charge in [0.2, 0.25) is 0 Å². The van der Waals surface area contributed by atoms with Crippen LogP contribution in [0, 0.1) is 0 Å². The van der Waals surface area contributed by atoms with Crippen LogP contribution in [0.15, 0.2) is 12.3 Å². The van der Waals surface area contributed by atoms with E-state index >= 15 is 0 Å². The number of halogens is 2. The van der Waals surface area contributed by atoms with Crippen LogP contribution in [0.1, 0.15) is 46.0 Å². The predicted octanol–water partition coefficient (Wildman–Crippen LogP) is 2.86. The quantitative estimate of drug-likeness (QED) is 0.910. The number of nitrogens with zero attached hydrogens (tertiary/aromatic N) is 2. The molecule has 0 saturated carbocycles. The van der Waals surface area contributed by atoms with E-state index in [4.69, 9.17) is 4.74 Å². The summed E-state index contributed by atoms with van der Waals surface area (Å²) in [5, 5.41) is 6.18. The van der Waals surface area contributed by atoms with E-state index in [2.05, 4.69) is 10.4 Å². The van der Waals surface area contributed by atoms with Crippen LogP contribution < -0.4 is 5.32 Å². The highest BCUT2D eigenvalue weighted by Gasteiger charge is 2.19. The molecular formula is C11H17F2N3O2. The molecule has 0 saturated heterocycles. The fourth-order valence-electron chi connectivity index (χ4n) is 1.25. The van der Waals surface area contributed by atoms with Crippen LogP contribution in [0.25, 0.3) is 0 Å². The van der Waals surface area contributed by atoms with Gasteiger partial charge in [-0.3, -0.25) is 0 Å². The summed E-state index contributed by atoms with van der Waals surface area (Å²) in [7, 11) is 0. The maximum atomic E-state index is 12.3. The lowest BCUT2D eigenvalue weighted by Gasteiger charge is -2.21. The summed E-state index contributed by atoms with van der Waals surface area (Å²) in [5.41, 5.74) is -0.257. The molecule has 0 aliphatic rings. The minimum atomic E-state index is -2.69. The van der Waals surface area contributed by atoms with Gasteiger partial charge in [-0.05, 0) is 33.8 Å². The van der Waals surface area contributed by atoms with Gasteiger partial charge in [0.05, 0.1) is 11.7 Å². The van der Waals surface area contributed by atoms with E-state index in [0.29, 0.717) is 10.4 Å². The molecule has 0 spiro atoms. The Morgan fingerprint density at radius 1 is 1.50 bits per heavy atom. The molecule has 0 aliphatic heterocycles. The first-order chi connectivity index (χ1) is 8.19. The van der Waals surface area contributed by atoms with Gasteiger partial charge in [0.15, 0.2) is 0 Å². The third-order valence-electron chi connectivity index (χ3n) is 2.01. The van der Waals surface area contributed by atoms with E-state index < -0.39 is 24.3 Å². The molecule has 1 aromatic heterocycles. The van der Waals surface area contributed by atoms with E-state index in [9.17, 15) is 13.6 Å². The summed E-state index contributed by atoms with van der Waals surface area (Å²) in [6.07, 6.45) is 0.550. The molecule has 0 aromatic carbocycles. The van der Waals surface area contributed by atoms with Gasteiger partial charge in [-0.25, -0.2) is 9.48 Å². The van der Waals surface area contributed by atoms with Crippen LogP contribution in [0.2, 0.25) is 0 Å². The fraction of sp³-hybridized carbons (Fsp3) is 0.636. The SMILES string of the molecule is C[C@@H](NC(=O)OC(C)(C)C)c1ccn(C(F)F)n1. The standard InChI is InChI=1S/C11H17F2N3O2/c1-7(14-10(17)18-11(2,3)4)8-5-6-16(15-8)9(12)13/h5-7,9H,1-4H3,(H,14,17)/t7-/m1/s1. The first-order valence-corrected chi connectivity index (χ1v) is 5.52. The van der Waals surface area contributed by atoms with Gasteiger partial charge in [-0.2, -0.15) is 13.9 Å². The number of alkyl halides is 2. The molecule has 0 aliphatic carbocycles. The number of rotatable bonds is 3. The van der Waals surface area contributed by atoms with Crippen LogP contribution in [-0.4, -0.2) is 21.5 Å². The van der Waals surface area contributed by atoms with Gasteiger partial charge in [0, 0.05) is 6.20 Å². The summed E-state index contributed by atoms with van der Waals surface area (Å²) in [5.74, 6) is 0. The number of ether oxygens (including phenoxy) is 1. The lowest BCUT2D eigenvalue weighted by molar-refractivity contribution is 0.0502. The molecule has 102 valence electrons. The van der Waals surface area contributed by atoms with Crippen LogP contribution >= 0.6 is 0 Å². The summed E-state index contributed by atoms with van der Waals surface area (Å²) < 4.78 is 30.2. The number of hydrogen-bond acceptors (Lipinski definition) is 3. The number of carbonyl (C=O) groups excluding carboxylic acids is 1. The zero-order valence-corrected chi connectivity index (χ0v) is 10.8. The van der Waals surface area contributed by atoms with Gasteiger partial charge < -0.3 is 10.1 Å². The van der Waals surface area contributed by atoms with Crippen molar-refractivity contribution in [2.24, 2.45) is 0 Å². The van der Waals surface area contributed by atoms with Crippen molar-refractivity contribution in [2.75, 3.05) is 0 Å². The van der Waals surface area contributed by atoms with Crippen molar-refractivity contribution in [2.45, 2.75) is 45.9 Å². The Bertz CT molecular complexity index is 413. The molecule has 1 rings (SSSR count). The summed E-state index contributed by atoms with van der Waals surface area (Å²) in [4.78, 5) is 11.5. The van der Waals surface area contributed by atoms with Crippen molar-refractivity contribution < 1.29 is 18.3 Å². The maximum absolute atomic E-state index is 12.3. The zero-order valence-electron chi connectivity index (χ0n) is 10.8. The molecule has 0 radical (unpaired) electrons. The number of hydrogen-bond donors (Lipinski definition) is 1. The molecule has 0 fully saturated rings. The van der Waals surface area contributed by atoms with Crippen molar-refractivity contribution in [3.8, 4) is 0 Å². The largest absolute Gasteiger partial charge is 0.444 e. The van der Waals surface area contributed by atoms with Crippen molar-refractivity contribution in [3.05, 3.63) is 18.0 Å². The monoisotopic (exact) mass is 261 g/mol. The Morgan fingerprint density at radius 2 is 2.11 bits per heavy atom. The average Bonchev–Trinajstić information content (AvgIpc) is 2.62. The van der Waals surface area contributed by atoms with E-state index in [-0.39, 0.29) is 0 Å². The molecule has 5 nitrogen and oxygen atoms in total. The van der Waals surface area contributed by atoms with E-state index in [1.165, 1.54) is 6.07 Å². The van der Waals surface area contributed by atoms with Crippen LogP contribution in [0.5, 0.6) is 0 Å². The molecule has 1 atom stereocenters. The lowest BCUT2D eigenvalue weighted by Crippen LogP contribution is -2.34. The van der Waals surface area contributed by atoms with Crippen LogP contribution in [0.4, 0.5) is 13.6 Å². The summed E-state index contributed by atoms with van der Waals surface area (Å²) in [6, 6.07) is 0.925. The smallest absolute Gasteiger partial charge is 0.408 e. The molecule has 1 aromatic rings. The highest BCUT2D eigenvalue weighted by Crippen LogP contribution is 2.15. The number of alkyl carbamates (subject to hydrolysis) is 1. The average molecular weight is 261 g/mol. The second-order valence-corrected chi connectivity index (χ2v) is 4.87. The van der Waals surface area contributed by atoms with Crippen molar-refractivity contribution in [1.82, 2.24) is 15.1 Å². The number of nitrogens with one attached hydrogen (secondary N) is 1. The number of carbonyl (C=O) groups is 1. The Hall–Kier alpha value is -1.66. The third kappa shape index (κ3) is 4.31. The van der Waals surface area contributed by atoms with Crippen molar-refractivity contribution in [3.63, 3.8) is 0 Å². The van der Waals surface area contributed by atoms with Gasteiger partial charge in [-0.15, -0.1) is 0 Å². The minimum Gasteiger partial charge on any atom is -0.444 e. The van der Waals surface area contributed by atoms with Crippen molar-refractivity contribution >= 4 is 6.09 Å². The second-order valence-electron chi connectivity index (χ2n) is 4.87. The molecule has 1 amide bonds.